The van der Waals surface area contributed by atoms with Crippen molar-refractivity contribution in [2.75, 3.05) is 7.05 Å². The minimum atomic E-state index is 0.772. The van der Waals surface area contributed by atoms with Crippen LogP contribution in [0.2, 0.25) is 0 Å². The Morgan fingerprint density at radius 1 is 0.550 bits per heavy atom. The Balaban J connectivity index is 3.15. The number of nitrogens with one attached hydrogen (secondary N) is 1. The van der Waals surface area contributed by atoms with Crippen LogP contribution in [0.15, 0.2) is 0 Å². The van der Waals surface area contributed by atoms with E-state index in [2.05, 4.69) is 26.2 Å². The maximum Gasteiger partial charge on any atom is 0.00640 e. The topological polar surface area (TPSA) is 12.0 Å². The second-order valence-corrected chi connectivity index (χ2v) is 6.45. The molecule has 0 radical (unpaired) electrons. The molecule has 1 nitrogen and oxygen atoms in total. The lowest BCUT2D eigenvalue weighted by atomic mass is 10.0. The van der Waals surface area contributed by atoms with Crippen LogP contribution in [-0.2, 0) is 0 Å². The molecule has 0 aromatic rings. The molecule has 1 atom stereocenters. The first-order valence-corrected chi connectivity index (χ1v) is 9.52. The smallest absolute Gasteiger partial charge is 0.00640 e. The minimum absolute atomic E-state index is 0.772. The zero-order chi connectivity index (χ0) is 14.9. The molecule has 0 spiro atoms. The fourth-order valence-electron chi connectivity index (χ4n) is 2.94. The van der Waals surface area contributed by atoms with Crippen molar-refractivity contribution in [1.82, 2.24) is 5.32 Å². The van der Waals surface area contributed by atoms with Gasteiger partial charge in [-0.05, 0) is 19.9 Å². The molecule has 122 valence electrons. The molecule has 0 saturated carbocycles. The van der Waals surface area contributed by atoms with E-state index in [0.717, 1.165) is 6.04 Å². The summed E-state index contributed by atoms with van der Waals surface area (Å²) in [5.41, 5.74) is 0. The second-order valence-electron chi connectivity index (χ2n) is 6.45. The molecule has 0 aromatic heterocycles. The molecule has 1 N–H and O–H groups in total. The van der Waals surface area contributed by atoms with Gasteiger partial charge in [0.05, 0.1) is 0 Å². The van der Waals surface area contributed by atoms with E-state index in [0.29, 0.717) is 0 Å². The van der Waals surface area contributed by atoms with Crippen molar-refractivity contribution in [2.45, 2.75) is 116 Å². The van der Waals surface area contributed by atoms with E-state index in [1.807, 2.05) is 0 Å². The SMILES string of the molecule is CCCCCCCCCCCCCC(CCCC)NC. The summed E-state index contributed by atoms with van der Waals surface area (Å²) in [6.07, 6.45) is 21.4. The summed E-state index contributed by atoms with van der Waals surface area (Å²) in [6, 6.07) is 0.772. The van der Waals surface area contributed by atoms with Crippen LogP contribution in [0.5, 0.6) is 0 Å². The van der Waals surface area contributed by atoms with E-state index in [1.54, 1.807) is 0 Å². The predicted molar refractivity (Wildman–Crippen MR) is 93.5 cm³/mol. The van der Waals surface area contributed by atoms with Gasteiger partial charge in [-0.3, -0.25) is 0 Å². The quantitative estimate of drug-likeness (QED) is 0.320. The van der Waals surface area contributed by atoms with E-state index in [1.165, 1.54) is 96.3 Å². The summed E-state index contributed by atoms with van der Waals surface area (Å²) in [5, 5.41) is 3.47. The van der Waals surface area contributed by atoms with Crippen LogP contribution in [0, 0.1) is 0 Å². The molecule has 20 heavy (non-hydrogen) atoms. The molecule has 0 fully saturated rings. The molecule has 1 unspecified atom stereocenters. The molecule has 1 heteroatoms. The normalized spacial score (nSPS) is 12.8. The van der Waals surface area contributed by atoms with Gasteiger partial charge < -0.3 is 5.32 Å². The van der Waals surface area contributed by atoms with Crippen LogP contribution in [0.1, 0.15) is 110 Å². The van der Waals surface area contributed by atoms with E-state index in [-0.39, 0.29) is 0 Å². The standard InChI is InChI=1S/C19H41N/c1-4-6-8-9-10-11-12-13-14-15-16-18-19(20-3)17-7-5-2/h19-20H,4-18H2,1-3H3. The summed E-state index contributed by atoms with van der Waals surface area (Å²) < 4.78 is 0. The fraction of sp³-hybridized carbons (Fsp3) is 1.00. The summed E-state index contributed by atoms with van der Waals surface area (Å²) >= 11 is 0. The highest BCUT2D eigenvalue weighted by Gasteiger charge is 2.04. The third kappa shape index (κ3) is 14.4. The highest BCUT2D eigenvalue weighted by molar-refractivity contribution is 4.64. The van der Waals surface area contributed by atoms with Crippen molar-refractivity contribution in [1.29, 1.82) is 0 Å². The van der Waals surface area contributed by atoms with Crippen LogP contribution in [0.25, 0.3) is 0 Å². The van der Waals surface area contributed by atoms with Crippen LogP contribution in [-0.4, -0.2) is 13.1 Å². The van der Waals surface area contributed by atoms with Crippen LogP contribution < -0.4 is 5.32 Å². The number of unbranched alkanes of at least 4 members (excludes halogenated alkanes) is 11. The number of rotatable bonds is 16. The lowest BCUT2D eigenvalue weighted by Gasteiger charge is -2.15. The third-order valence-electron chi connectivity index (χ3n) is 4.47. The third-order valence-corrected chi connectivity index (χ3v) is 4.47. The Hall–Kier alpha value is -0.0400. The first-order valence-electron chi connectivity index (χ1n) is 9.52. The molecular weight excluding hydrogens is 242 g/mol. The van der Waals surface area contributed by atoms with Crippen LogP contribution in [0.4, 0.5) is 0 Å². The number of hydrogen-bond donors (Lipinski definition) is 1. The molecule has 0 aromatic carbocycles. The van der Waals surface area contributed by atoms with Gasteiger partial charge in [-0.15, -0.1) is 0 Å². The zero-order valence-electron chi connectivity index (χ0n) is 14.7. The van der Waals surface area contributed by atoms with Crippen LogP contribution >= 0.6 is 0 Å². The summed E-state index contributed by atoms with van der Waals surface area (Å²) in [7, 11) is 2.12. The molecule has 0 amide bonds. The molecule has 0 saturated heterocycles. The van der Waals surface area contributed by atoms with E-state index >= 15 is 0 Å². The zero-order valence-corrected chi connectivity index (χ0v) is 14.7. The van der Waals surface area contributed by atoms with E-state index < -0.39 is 0 Å². The molecule has 0 bridgehead atoms. The molecule has 0 rings (SSSR count). The molecular formula is C19H41N. The molecule has 0 aliphatic carbocycles. The molecule has 0 aliphatic rings. The monoisotopic (exact) mass is 283 g/mol. The highest BCUT2D eigenvalue weighted by Crippen LogP contribution is 2.13. The Morgan fingerprint density at radius 2 is 0.950 bits per heavy atom. The van der Waals surface area contributed by atoms with Gasteiger partial charge in [0.25, 0.3) is 0 Å². The van der Waals surface area contributed by atoms with Crippen molar-refractivity contribution in [3.8, 4) is 0 Å². The lowest BCUT2D eigenvalue weighted by molar-refractivity contribution is 0.444. The largest absolute Gasteiger partial charge is 0.317 e. The van der Waals surface area contributed by atoms with Crippen molar-refractivity contribution in [3.63, 3.8) is 0 Å². The van der Waals surface area contributed by atoms with Gasteiger partial charge in [-0.2, -0.15) is 0 Å². The van der Waals surface area contributed by atoms with Crippen molar-refractivity contribution in [2.24, 2.45) is 0 Å². The Kier molecular flexibility index (Phi) is 17.0. The minimum Gasteiger partial charge on any atom is -0.317 e. The fourth-order valence-corrected chi connectivity index (χ4v) is 2.94. The maximum absolute atomic E-state index is 3.47. The number of hydrogen-bond acceptors (Lipinski definition) is 1. The van der Waals surface area contributed by atoms with Crippen molar-refractivity contribution < 1.29 is 0 Å². The van der Waals surface area contributed by atoms with Gasteiger partial charge in [-0.1, -0.05) is 97.3 Å². The van der Waals surface area contributed by atoms with Gasteiger partial charge in [0.2, 0.25) is 0 Å². The maximum atomic E-state index is 3.47. The molecule has 0 aliphatic heterocycles. The van der Waals surface area contributed by atoms with Crippen LogP contribution in [0.3, 0.4) is 0 Å². The van der Waals surface area contributed by atoms with Gasteiger partial charge in [-0.25, -0.2) is 0 Å². The van der Waals surface area contributed by atoms with Crippen molar-refractivity contribution >= 4 is 0 Å². The average molecular weight is 284 g/mol. The highest BCUT2D eigenvalue weighted by atomic mass is 14.9. The summed E-state index contributed by atoms with van der Waals surface area (Å²) in [4.78, 5) is 0. The van der Waals surface area contributed by atoms with Crippen molar-refractivity contribution in [3.05, 3.63) is 0 Å². The first kappa shape index (κ1) is 20.0. The summed E-state index contributed by atoms with van der Waals surface area (Å²) in [6.45, 7) is 4.58. The van der Waals surface area contributed by atoms with E-state index in [4.69, 9.17) is 0 Å². The van der Waals surface area contributed by atoms with E-state index in [9.17, 15) is 0 Å². The van der Waals surface area contributed by atoms with Gasteiger partial charge >= 0.3 is 0 Å². The van der Waals surface area contributed by atoms with Gasteiger partial charge in [0.1, 0.15) is 0 Å². The summed E-state index contributed by atoms with van der Waals surface area (Å²) in [5.74, 6) is 0. The molecule has 0 heterocycles. The van der Waals surface area contributed by atoms with Gasteiger partial charge in [0.15, 0.2) is 0 Å². The predicted octanol–water partition coefficient (Wildman–Crippen LogP) is 6.47. The lowest BCUT2D eigenvalue weighted by Crippen LogP contribution is -2.24. The Morgan fingerprint density at radius 3 is 1.40 bits per heavy atom. The first-order chi connectivity index (χ1) is 9.85. The van der Waals surface area contributed by atoms with Gasteiger partial charge in [0, 0.05) is 6.04 Å². The average Bonchev–Trinajstić information content (AvgIpc) is 2.48. The Bertz CT molecular complexity index is 167. The Labute approximate surface area is 129 Å². The second kappa shape index (κ2) is 17.0.